The molecule has 0 aliphatic heterocycles. The van der Waals surface area contributed by atoms with Crippen molar-refractivity contribution < 1.29 is 5.11 Å². The van der Waals surface area contributed by atoms with E-state index in [0.717, 1.165) is 19.3 Å². The van der Waals surface area contributed by atoms with Gasteiger partial charge in [-0.05, 0) is 13.3 Å². The Morgan fingerprint density at radius 1 is 1.46 bits per heavy atom. The third-order valence-electron chi connectivity index (χ3n) is 2.15. The summed E-state index contributed by atoms with van der Waals surface area (Å²) in [7, 11) is 0. The molecular formula is C10H20N2O. The number of nitriles is 1. The molecule has 0 rings (SSSR count). The third-order valence-corrected chi connectivity index (χ3v) is 2.15. The molecule has 13 heavy (non-hydrogen) atoms. The van der Waals surface area contributed by atoms with Gasteiger partial charge in [0.2, 0.25) is 0 Å². The highest BCUT2D eigenvalue weighted by Gasteiger charge is 2.21. The SMILES string of the molecule is CCCCCC(C)(C#N)NCCO. The monoisotopic (exact) mass is 184 g/mol. The Hall–Kier alpha value is -0.590. The number of aliphatic hydroxyl groups excluding tert-OH is 1. The van der Waals surface area contributed by atoms with Crippen LogP contribution in [0.2, 0.25) is 0 Å². The highest BCUT2D eigenvalue weighted by Crippen LogP contribution is 2.13. The van der Waals surface area contributed by atoms with Crippen LogP contribution in [-0.2, 0) is 0 Å². The van der Waals surface area contributed by atoms with Crippen molar-refractivity contribution in [2.24, 2.45) is 0 Å². The Balaban J connectivity index is 3.76. The molecule has 0 fully saturated rings. The zero-order chi connectivity index (χ0) is 10.2. The van der Waals surface area contributed by atoms with Crippen LogP contribution in [0.1, 0.15) is 39.5 Å². The summed E-state index contributed by atoms with van der Waals surface area (Å²) < 4.78 is 0. The summed E-state index contributed by atoms with van der Waals surface area (Å²) in [6.45, 7) is 4.62. The predicted molar refractivity (Wildman–Crippen MR) is 53.2 cm³/mol. The van der Waals surface area contributed by atoms with E-state index in [0.29, 0.717) is 6.54 Å². The van der Waals surface area contributed by atoms with Crippen molar-refractivity contribution in [3.63, 3.8) is 0 Å². The first-order valence-corrected chi connectivity index (χ1v) is 4.95. The van der Waals surface area contributed by atoms with Crippen LogP contribution in [0.4, 0.5) is 0 Å². The highest BCUT2D eigenvalue weighted by atomic mass is 16.3. The van der Waals surface area contributed by atoms with Gasteiger partial charge < -0.3 is 5.11 Å². The number of nitrogens with zero attached hydrogens (tertiary/aromatic N) is 1. The van der Waals surface area contributed by atoms with Crippen LogP contribution in [0.15, 0.2) is 0 Å². The van der Waals surface area contributed by atoms with Gasteiger partial charge in [0.1, 0.15) is 5.54 Å². The lowest BCUT2D eigenvalue weighted by atomic mass is 9.96. The van der Waals surface area contributed by atoms with E-state index >= 15 is 0 Å². The molecule has 0 aromatic rings. The second-order valence-electron chi connectivity index (χ2n) is 3.55. The van der Waals surface area contributed by atoms with Gasteiger partial charge in [-0.15, -0.1) is 0 Å². The molecule has 1 unspecified atom stereocenters. The molecule has 0 saturated heterocycles. The molecule has 1 atom stereocenters. The van der Waals surface area contributed by atoms with Gasteiger partial charge in [-0.3, -0.25) is 5.32 Å². The summed E-state index contributed by atoms with van der Waals surface area (Å²) in [5, 5.41) is 20.6. The molecule has 0 aliphatic rings. The van der Waals surface area contributed by atoms with Gasteiger partial charge in [0.05, 0.1) is 12.7 Å². The lowest BCUT2D eigenvalue weighted by Crippen LogP contribution is -2.42. The van der Waals surface area contributed by atoms with E-state index in [4.69, 9.17) is 10.4 Å². The van der Waals surface area contributed by atoms with Crippen LogP contribution < -0.4 is 5.32 Å². The van der Waals surface area contributed by atoms with Crippen molar-refractivity contribution >= 4 is 0 Å². The number of rotatable bonds is 7. The van der Waals surface area contributed by atoms with Gasteiger partial charge in [-0.25, -0.2) is 0 Å². The maximum atomic E-state index is 8.92. The van der Waals surface area contributed by atoms with Crippen molar-refractivity contribution in [2.75, 3.05) is 13.2 Å². The fraction of sp³-hybridized carbons (Fsp3) is 0.900. The molecule has 0 bridgehead atoms. The molecule has 0 spiro atoms. The first-order chi connectivity index (χ1) is 6.18. The first-order valence-electron chi connectivity index (χ1n) is 4.95. The molecule has 3 heteroatoms. The first kappa shape index (κ1) is 12.4. The summed E-state index contributed by atoms with van der Waals surface area (Å²) in [5.74, 6) is 0. The average molecular weight is 184 g/mol. The second-order valence-corrected chi connectivity index (χ2v) is 3.55. The smallest absolute Gasteiger partial charge is 0.104 e. The second kappa shape index (κ2) is 6.88. The third kappa shape index (κ3) is 5.62. The highest BCUT2D eigenvalue weighted by molar-refractivity contribution is 5.03. The summed E-state index contributed by atoms with van der Waals surface area (Å²) in [5.41, 5.74) is -0.460. The topological polar surface area (TPSA) is 56.0 Å². The van der Waals surface area contributed by atoms with Crippen LogP contribution in [0, 0.1) is 11.3 Å². The fourth-order valence-corrected chi connectivity index (χ4v) is 1.24. The standard InChI is InChI=1S/C10H20N2O/c1-3-4-5-6-10(2,9-11)12-7-8-13/h12-13H,3-8H2,1-2H3. The van der Waals surface area contributed by atoms with Gasteiger partial charge >= 0.3 is 0 Å². The zero-order valence-electron chi connectivity index (χ0n) is 8.64. The molecular weight excluding hydrogens is 164 g/mol. The van der Waals surface area contributed by atoms with Gasteiger partial charge in [-0.1, -0.05) is 26.2 Å². The molecule has 0 heterocycles. The quantitative estimate of drug-likeness (QED) is 0.588. The van der Waals surface area contributed by atoms with Crippen LogP contribution in [0.3, 0.4) is 0 Å². The molecule has 76 valence electrons. The van der Waals surface area contributed by atoms with E-state index in [1.54, 1.807) is 0 Å². The minimum atomic E-state index is -0.460. The van der Waals surface area contributed by atoms with Crippen LogP contribution >= 0.6 is 0 Å². The minimum Gasteiger partial charge on any atom is -0.395 e. The van der Waals surface area contributed by atoms with Gasteiger partial charge in [0, 0.05) is 6.54 Å². The summed E-state index contributed by atoms with van der Waals surface area (Å²) >= 11 is 0. The molecule has 0 aliphatic carbocycles. The lowest BCUT2D eigenvalue weighted by Gasteiger charge is -2.22. The zero-order valence-corrected chi connectivity index (χ0v) is 8.64. The number of hydrogen-bond donors (Lipinski definition) is 2. The molecule has 0 saturated carbocycles. The van der Waals surface area contributed by atoms with Crippen molar-refractivity contribution in [2.45, 2.75) is 45.1 Å². The van der Waals surface area contributed by atoms with E-state index in [1.807, 2.05) is 6.92 Å². The molecule has 3 nitrogen and oxygen atoms in total. The van der Waals surface area contributed by atoms with E-state index < -0.39 is 5.54 Å². The van der Waals surface area contributed by atoms with Crippen molar-refractivity contribution in [3.8, 4) is 6.07 Å². The van der Waals surface area contributed by atoms with E-state index in [9.17, 15) is 0 Å². The fourth-order valence-electron chi connectivity index (χ4n) is 1.24. The molecule has 0 amide bonds. The summed E-state index contributed by atoms with van der Waals surface area (Å²) in [6.07, 6.45) is 4.26. The average Bonchev–Trinajstić information content (AvgIpc) is 2.15. The predicted octanol–water partition coefficient (Wildman–Crippen LogP) is 1.43. The van der Waals surface area contributed by atoms with Crippen molar-refractivity contribution in [1.29, 1.82) is 5.26 Å². The van der Waals surface area contributed by atoms with E-state index in [2.05, 4.69) is 18.3 Å². The largest absolute Gasteiger partial charge is 0.395 e. The number of hydrogen-bond acceptors (Lipinski definition) is 3. The van der Waals surface area contributed by atoms with E-state index in [1.165, 1.54) is 6.42 Å². The Morgan fingerprint density at radius 2 is 2.15 bits per heavy atom. The number of nitrogens with one attached hydrogen (secondary N) is 1. The van der Waals surface area contributed by atoms with Gasteiger partial charge in [-0.2, -0.15) is 5.26 Å². The van der Waals surface area contributed by atoms with Crippen LogP contribution in [-0.4, -0.2) is 23.8 Å². The van der Waals surface area contributed by atoms with E-state index in [-0.39, 0.29) is 6.61 Å². The Bertz CT molecular complexity index is 165. The number of aliphatic hydroxyl groups is 1. The minimum absolute atomic E-state index is 0.0883. The molecule has 0 radical (unpaired) electrons. The van der Waals surface area contributed by atoms with Crippen molar-refractivity contribution in [3.05, 3.63) is 0 Å². The van der Waals surface area contributed by atoms with Crippen molar-refractivity contribution in [1.82, 2.24) is 5.32 Å². The molecule has 0 aromatic carbocycles. The molecule has 0 aromatic heterocycles. The normalized spacial score (nSPS) is 14.9. The Kier molecular flexibility index (Phi) is 6.56. The maximum absolute atomic E-state index is 8.92. The molecule has 2 N–H and O–H groups in total. The summed E-state index contributed by atoms with van der Waals surface area (Å²) in [4.78, 5) is 0. The van der Waals surface area contributed by atoms with Crippen LogP contribution in [0.25, 0.3) is 0 Å². The maximum Gasteiger partial charge on any atom is 0.104 e. The summed E-state index contributed by atoms with van der Waals surface area (Å²) in [6, 6.07) is 2.25. The van der Waals surface area contributed by atoms with Gasteiger partial charge in [0.25, 0.3) is 0 Å². The van der Waals surface area contributed by atoms with Gasteiger partial charge in [0.15, 0.2) is 0 Å². The number of β-amino-alcohol motifs (C(OH)–C–C–N with tert-alkyl or cyclic N) is 1. The number of unbranched alkanes of at least 4 members (excludes halogenated alkanes) is 2. The van der Waals surface area contributed by atoms with Crippen LogP contribution in [0.5, 0.6) is 0 Å². The Labute approximate surface area is 80.8 Å². The Morgan fingerprint density at radius 3 is 2.62 bits per heavy atom. The lowest BCUT2D eigenvalue weighted by molar-refractivity contribution is 0.271.